The molecule has 4 heterocycles. The lowest BCUT2D eigenvalue weighted by Crippen LogP contribution is -2.39. The van der Waals surface area contributed by atoms with Crippen LogP contribution >= 0.6 is 11.3 Å². The van der Waals surface area contributed by atoms with Crippen LogP contribution in [0.15, 0.2) is 17.6 Å². The minimum Gasteiger partial charge on any atom is -0.357 e. The second-order valence-corrected chi connectivity index (χ2v) is 7.32. The van der Waals surface area contributed by atoms with Crippen LogP contribution in [0.25, 0.3) is 5.65 Å². The first-order valence-electron chi connectivity index (χ1n) is 8.14. The van der Waals surface area contributed by atoms with Gasteiger partial charge in [-0.15, -0.1) is 26.2 Å². The van der Waals surface area contributed by atoms with Crippen LogP contribution in [0, 0.1) is 6.92 Å². The van der Waals surface area contributed by atoms with Crippen molar-refractivity contribution in [3.63, 3.8) is 0 Å². The van der Waals surface area contributed by atoms with Gasteiger partial charge in [0.1, 0.15) is 6.17 Å². The van der Waals surface area contributed by atoms with Crippen molar-refractivity contribution in [3.05, 3.63) is 28.2 Å². The Morgan fingerprint density at radius 3 is 3.08 bits per heavy atom. The lowest BCUT2D eigenvalue weighted by atomic mass is 10.2. The number of alkyl halides is 1. The number of aromatic nitrogens is 6. The predicted octanol–water partition coefficient (Wildman–Crippen LogP) is 1.33. The van der Waals surface area contributed by atoms with Crippen molar-refractivity contribution in [2.75, 3.05) is 25.0 Å². The molecular weight excluding hydrogens is 343 g/mol. The van der Waals surface area contributed by atoms with E-state index in [4.69, 9.17) is 0 Å². The average Bonchev–Trinajstić information content (AvgIpc) is 3.29. The minimum absolute atomic E-state index is 0.132. The predicted molar refractivity (Wildman–Crippen MR) is 92.4 cm³/mol. The molecule has 0 saturated carbocycles. The number of nitrogens with zero attached hydrogens (tertiary/aromatic N) is 8. The van der Waals surface area contributed by atoms with Gasteiger partial charge >= 0.3 is 0 Å². The summed E-state index contributed by atoms with van der Waals surface area (Å²) < 4.78 is 15.5. The molecule has 0 aromatic carbocycles. The standard InChI is InChI=1S/C15H19FN8S/c1-10-13(25-9-17-10)8-23-6-11(16)5-12(23)7-22(2)15-4-3-14-18-20-21-24(14)19-15/h3-4,9,11-12H,5-8H2,1-2H3/t11-,12+/m0/s1. The fraction of sp³-hybridized carbons (Fsp3) is 0.533. The van der Waals surface area contributed by atoms with Crippen LogP contribution in [0.2, 0.25) is 0 Å². The van der Waals surface area contributed by atoms with E-state index in [1.165, 1.54) is 9.51 Å². The number of likely N-dealkylation sites (tertiary alicyclic amines) is 1. The van der Waals surface area contributed by atoms with Crippen molar-refractivity contribution in [3.8, 4) is 0 Å². The maximum Gasteiger partial charge on any atom is 0.200 e. The van der Waals surface area contributed by atoms with Crippen LogP contribution in [-0.4, -0.2) is 67.5 Å². The number of likely N-dealkylation sites (N-methyl/N-ethyl adjacent to an activating group) is 1. The number of tetrazole rings is 1. The molecule has 0 amide bonds. The molecule has 0 N–H and O–H groups in total. The molecule has 2 atom stereocenters. The highest BCUT2D eigenvalue weighted by molar-refractivity contribution is 7.09. The van der Waals surface area contributed by atoms with Gasteiger partial charge < -0.3 is 4.90 Å². The molecular formula is C15H19FN8S. The van der Waals surface area contributed by atoms with Crippen LogP contribution in [0.4, 0.5) is 10.2 Å². The molecule has 132 valence electrons. The summed E-state index contributed by atoms with van der Waals surface area (Å²) in [6.07, 6.45) is -0.253. The number of aryl methyl sites for hydroxylation is 1. The highest BCUT2D eigenvalue weighted by Crippen LogP contribution is 2.26. The van der Waals surface area contributed by atoms with Gasteiger partial charge in [0.25, 0.3) is 0 Å². The lowest BCUT2D eigenvalue weighted by molar-refractivity contribution is 0.238. The molecule has 0 unspecified atom stereocenters. The summed E-state index contributed by atoms with van der Waals surface area (Å²) in [5.41, 5.74) is 3.48. The molecule has 1 aliphatic rings. The molecule has 25 heavy (non-hydrogen) atoms. The van der Waals surface area contributed by atoms with Crippen LogP contribution < -0.4 is 4.90 Å². The average molecular weight is 362 g/mol. The van der Waals surface area contributed by atoms with Crippen LogP contribution in [-0.2, 0) is 6.54 Å². The molecule has 0 aliphatic carbocycles. The van der Waals surface area contributed by atoms with Gasteiger partial charge in [0.05, 0.1) is 11.2 Å². The second-order valence-electron chi connectivity index (χ2n) is 6.38. The molecule has 1 aliphatic heterocycles. The molecule has 0 bridgehead atoms. The van der Waals surface area contributed by atoms with Gasteiger partial charge in [-0.2, -0.15) is 0 Å². The topological polar surface area (TPSA) is 75.3 Å². The van der Waals surface area contributed by atoms with E-state index in [0.29, 0.717) is 25.2 Å². The van der Waals surface area contributed by atoms with Crippen LogP contribution in [0.5, 0.6) is 0 Å². The summed E-state index contributed by atoms with van der Waals surface area (Å²) in [7, 11) is 1.96. The van der Waals surface area contributed by atoms with E-state index in [2.05, 4.69) is 30.5 Å². The first-order chi connectivity index (χ1) is 12.1. The molecule has 3 aromatic rings. The van der Waals surface area contributed by atoms with Crippen molar-refractivity contribution in [1.82, 2.24) is 35.1 Å². The number of halogens is 1. The summed E-state index contributed by atoms with van der Waals surface area (Å²) in [6, 6.07) is 3.84. The third kappa shape index (κ3) is 3.31. The van der Waals surface area contributed by atoms with E-state index in [0.717, 1.165) is 18.1 Å². The second kappa shape index (κ2) is 6.60. The highest BCUT2D eigenvalue weighted by atomic mass is 32.1. The van der Waals surface area contributed by atoms with E-state index in [9.17, 15) is 4.39 Å². The van der Waals surface area contributed by atoms with E-state index in [1.54, 1.807) is 11.3 Å². The number of anilines is 1. The molecule has 1 fully saturated rings. The molecule has 0 spiro atoms. The molecule has 10 heteroatoms. The van der Waals surface area contributed by atoms with Gasteiger partial charge in [-0.25, -0.2) is 9.37 Å². The number of rotatable bonds is 5. The Balaban J connectivity index is 1.48. The van der Waals surface area contributed by atoms with Crippen molar-refractivity contribution >= 4 is 22.8 Å². The van der Waals surface area contributed by atoms with Crippen molar-refractivity contribution < 1.29 is 4.39 Å². The fourth-order valence-electron chi connectivity index (χ4n) is 3.22. The molecule has 4 rings (SSSR count). The van der Waals surface area contributed by atoms with Gasteiger partial charge in [-0.05, 0) is 35.9 Å². The van der Waals surface area contributed by atoms with Crippen molar-refractivity contribution in [1.29, 1.82) is 0 Å². The van der Waals surface area contributed by atoms with Gasteiger partial charge in [0.2, 0.25) is 0 Å². The summed E-state index contributed by atoms with van der Waals surface area (Å²) in [6.45, 7) is 3.91. The third-order valence-electron chi connectivity index (χ3n) is 4.60. The summed E-state index contributed by atoms with van der Waals surface area (Å²) in [5, 5.41) is 15.7. The lowest BCUT2D eigenvalue weighted by Gasteiger charge is -2.28. The van der Waals surface area contributed by atoms with Crippen LogP contribution in [0.1, 0.15) is 17.0 Å². The molecule has 3 aromatic heterocycles. The van der Waals surface area contributed by atoms with Gasteiger partial charge in [0, 0.05) is 37.6 Å². The van der Waals surface area contributed by atoms with Crippen LogP contribution in [0.3, 0.4) is 0 Å². The maximum atomic E-state index is 14.1. The fourth-order valence-corrected chi connectivity index (χ4v) is 4.02. The van der Waals surface area contributed by atoms with Gasteiger partial charge in [-0.3, -0.25) is 4.90 Å². The van der Waals surface area contributed by atoms with Gasteiger partial charge in [-0.1, -0.05) is 0 Å². The Morgan fingerprint density at radius 2 is 2.28 bits per heavy atom. The Bertz CT molecular complexity index is 864. The number of fused-ring (bicyclic) bond motifs is 1. The SMILES string of the molecule is Cc1ncsc1CN1C[C@@H](F)C[C@@H]1CN(C)c1ccc2nnnn2n1. The van der Waals surface area contributed by atoms with Crippen molar-refractivity contribution in [2.45, 2.75) is 32.1 Å². The molecule has 8 nitrogen and oxygen atoms in total. The normalized spacial score (nSPS) is 21.2. The van der Waals surface area contributed by atoms with E-state index >= 15 is 0 Å². The van der Waals surface area contributed by atoms with Gasteiger partial charge in [0.15, 0.2) is 11.5 Å². The zero-order chi connectivity index (χ0) is 17.4. The third-order valence-corrected chi connectivity index (χ3v) is 5.52. The largest absolute Gasteiger partial charge is 0.357 e. The summed E-state index contributed by atoms with van der Waals surface area (Å²) in [5.74, 6) is 0.760. The Morgan fingerprint density at radius 1 is 1.40 bits per heavy atom. The Labute approximate surface area is 148 Å². The highest BCUT2D eigenvalue weighted by Gasteiger charge is 2.33. The minimum atomic E-state index is -0.790. The number of thiazole rings is 1. The maximum absolute atomic E-state index is 14.1. The van der Waals surface area contributed by atoms with E-state index < -0.39 is 6.17 Å². The Kier molecular flexibility index (Phi) is 4.30. The van der Waals surface area contributed by atoms with E-state index in [-0.39, 0.29) is 6.04 Å². The molecule has 1 saturated heterocycles. The quantitative estimate of drug-likeness (QED) is 0.678. The summed E-state index contributed by atoms with van der Waals surface area (Å²) in [4.78, 5) is 9.72. The Hall–Kier alpha value is -2.20. The smallest absolute Gasteiger partial charge is 0.200 e. The molecule has 0 radical (unpaired) electrons. The van der Waals surface area contributed by atoms with Crippen molar-refractivity contribution in [2.24, 2.45) is 0 Å². The first kappa shape index (κ1) is 16.3. The number of hydrogen-bond donors (Lipinski definition) is 0. The first-order valence-corrected chi connectivity index (χ1v) is 9.02. The zero-order valence-electron chi connectivity index (χ0n) is 14.1. The summed E-state index contributed by atoms with van der Waals surface area (Å²) >= 11 is 1.63. The van der Waals surface area contributed by atoms with E-state index in [1.807, 2.05) is 36.5 Å². The monoisotopic (exact) mass is 362 g/mol. The zero-order valence-corrected chi connectivity index (χ0v) is 14.9. The number of hydrogen-bond acceptors (Lipinski definition) is 8.